The lowest BCUT2D eigenvalue weighted by molar-refractivity contribution is -0.124. The normalized spacial score (nSPS) is 12.7. The minimum absolute atomic E-state index is 0.131. The number of aromatic hydroxyl groups is 1. The molecule has 0 aliphatic rings. The van der Waals surface area contributed by atoms with Crippen molar-refractivity contribution in [3.05, 3.63) is 65.7 Å². The number of phenols is 1. The molecule has 0 saturated carbocycles. The third kappa shape index (κ3) is 10.8. The van der Waals surface area contributed by atoms with Crippen LogP contribution in [0.5, 0.6) is 5.75 Å². The fourth-order valence-electron chi connectivity index (χ4n) is 3.15. The number of ether oxygens (including phenoxy) is 2. The molecule has 0 bridgehead atoms. The minimum atomic E-state index is -0.869. The molecule has 0 heterocycles. The van der Waals surface area contributed by atoms with Gasteiger partial charge in [-0.25, -0.2) is 9.59 Å². The van der Waals surface area contributed by atoms with E-state index in [9.17, 15) is 19.5 Å². The number of hydrogen-bond acceptors (Lipinski definition) is 6. The summed E-state index contributed by atoms with van der Waals surface area (Å²) in [7, 11) is 0. The van der Waals surface area contributed by atoms with Crippen LogP contribution in [0.25, 0.3) is 0 Å². The molecule has 0 fully saturated rings. The highest BCUT2D eigenvalue weighted by molar-refractivity contribution is 5.86. The fourth-order valence-corrected chi connectivity index (χ4v) is 3.15. The molecule has 0 radical (unpaired) electrons. The van der Waals surface area contributed by atoms with Gasteiger partial charge in [0.05, 0.1) is 6.04 Å². The predicted octanol–water partition coefficient (Wildman–Crippen LogP) is 4.17. The maximum absolute atomic E-state index is 12.9. The molecular weight excluding hydrogens is 450 g/mol. The van der Waals surface area contributed by atoms with Crippen molar-refractivity contribution < 1.29 is 29.0 Å². The highest BCUT2D eigenvalue weighted by atomic mass is 16.6. The predicted molar refractivity (Wildman–Crippen MR) is 132 cm³/mol. The van der Waals surface area contributed by atoms with Crippen molar-refractivity contribution in [3.8, 4) is 5.75 Å². The van der Waals surface area contributed by atoms with E-state index in [1.165, 1.54) is 12.1 Å². The van der Waals surface area contributed by atoms with Crippen LogP contribution in [0.15, 0.2) is 54.6 Å². The summed E-state index contributed by atoms with van der Waals surface area (Å²) in [5.74, 6) is -0.255. The summed E-state index contributed by atoms with van der Waals surface area (Å²) < 4.78 is 10.5. The minimum Gasteiger partial charge on any atom is -0.508 e. The zero-order valence-corrected chi connectivity index (χ0v) is 20.7. The fraction of sp³-hybridized carbons (Fsp3) is 0.423. The summed E-state index contributed by atoms with van der Waals surface area (Å²) in [6, 6.07) is 14.6. The summed E-state index contributed by atoms with van der Waals surface area (Å²) in [5, 5.41) is 17.6. The van der Waals surface area contributed by atoms with Gasteiger partial charge in [-0.1, -0.05) is 42.5 Å². The molecule has 0 aromatic heterocycles. The zero-order chi connectivity index (χ0) is 25.8. The second-order valence-electron chi connectivity index (χ2n) is 9.15. The number of alkyl carbamates (subject to hydrolysis) is 2. The first-order valence-corrected chi connectivity index (χ1v) is 11.6. The second kappa shape index (κ2) is 13.2. The number of carbonyl (C=O) groups excluding carboxylic acids is 3. The van der Waals surface area contributed by atoms with Gasteiger partial charge in [-0.3, -0.25) is 4.79 Å². The van der Waals surface area contributed by atoms with E-state index in [4.69, 9.17) is 9.47 Å². The number of phenolic OH excluding ortho intramolecular Hbond substituents is 1. The molecule has 3 amide bonds. The summed E-state index contributed by atoms with van der Waals surface area (Å²) >= 11 is 0. The molecule has 0 unspecified atom stereocenters. The van der Waals surface area contributed by atoms with Gasteiger partial charge in [-0.05, 0) is 63.8 Å². The van der Waals surface area contributed by atoms with Gasteiger partial charge in [0.25, 0.3) is 0 Å². The molecule has 2 rings (SSSR count). The van der Waals surface area contributed by atoms with E-state index in [0.717, 1.165) is 11.1 Å². The number of amides is 3. The molecule has 2 atom stereocenters. The summed E-state index contributed by atoms with van der Waals surface area (Å²) in [4.78, 5) is 37.2. The zero-order valence-electron chi connectivity index (χ0n) is 20.7. The third-order valence-electron chi connectivity index (χ3n) is 4.91. The molecular formula is C26H35N3O6. The highest BCUT2D eigenvalue weighted by Crippen LogP contribution is 2.17. The Morgan fingerprint density at radius 3 is 2.23 bits per heavy atom. The Kier molecular flexibility index (Phi) is 10.4. The Balaban J connectivity index is 1.88. The molecule has 9 nitrogen and oxygen atoms in total. The largest absolute Gasteiger partial charge is 0.508 e. The maximum atomic E-state index is 12.9. The first-order chi connectivity index (χ1) is 16.5. The van der Waals surface area contributed by atoms with Crippen LogP contribution < -0.4 is 16.0 Å². The SMILES string of the molecule is C[C@@H](NC(=O)[C@@H](CCCNC(=O)OCc1ccccc1)NC(=O)OC(C)(C)C)c1ccc(O)cc1. The van der Waals surface area contributed by atoms with Crippen molar-refractivity contribution in [1.82, 2.24) is 16.0 Å². The van der Waals surface area contributed by atoms with E-state index in [1.54, 1.807) is 39.8 Å². The van der Waals surface area contributed by atoms with Crippen LogP contribution in [0, 0.1) is 0 Å². The van der Waals surface area contributed by atoms with E-state index >= 15 is 0 Å². The first-order valence-electron chi connectivity index (χ1n) is 11.6. The third-order valence-corrected chi connectivity index (χ3v) is 4.91. The van der Waals surface area contributed by atoms with Crippen LogP contribution in [-0.2, 0) is 20.9 Å². The van der Waals surface area contributed by atoms with Gasteiger partial charge in [0.15, 0.2) is 0 Å². The van der Waals surface area contributed by atoms with E-state index in [2.05, 4.69) is 16.0 Å². The Labute approximate surface area is 206 Å². The number of benzene rings is 2. The molecule has 0 saturated heterocycles. The van der Waals surface area contributed by atoms with Crippen LogP contribution in [0.4, 0.5) is 9.59 Å². The molecule has 0 spiro atoms. The first kappa shape index (κ1) is 27.5. The van der Waals surface area contributed by atoms with Gasteiger partial charge < -0.3 is 30.5 Å². The summed E-state index contributed by atoms with van der Waals surface area (Å²) in [6.07, 6.45) is -0.574. The molecule has 2 aromatic rings. The van der Waals surface area contributed by atoms with Crippen molar-refractivity contribution >= 4 is 18.1 Å². The molecule has 9 heteroatoms. The van der Waals surface area contributed by atoms with Crippen LogP contribution in [-0.4, -0.2) is 41.4 Å². The smallest absolute Gasteiger partial charge is 0.408 e. The van der Waals surface area contributed by atoms with Gasteiger partial charge in [0.1, 0.15) is 24.0 Å². The lowest BCUT2D eigenvalue weighted by Crippen LogP contribution is -2.49. The molecule has 4 N–H and O–H groups in total. The Hall–Kier alpha value is -3.75. The lowest BCUT2D eigenvalue weighted by atomic mass is 10.1. The number of rotatable bonds is 10. The number of nitrogens with one attached hydrogen (secondary N) is 3. The van der Waals surface area contributed by atoms with Crippen molar-refractivity contribution in [2.24, 2.45) is 0 Å². The second-order valence-corrected chi connectivity index (χ2v) is 9.15. The molecule has 35 heavy (non-hydrogen) atoms. The van der Waals surface area contributed by atoms with E-state index in [1.807, 2.05) is 30.3 Å². The average Bonchev–Trinajstić information content (AvgIpc) is 2.79. The van der Waals surface area contributed by atoms with Gasteiger partial charge in [0.2, 0.25) is 5.91 Å². The Bertz CT molecular complexity index is 957. The van der Waals surface area contributed by atoms with Crippen molar-refractivity contribution in [2.75, 3.05) is 6.54 Å². The monoisotopic (exact) mass is 485 g/mol. The average molecular weight is 486 g/mol. The van der Waals surface area contributed by atoms with Gasteiger partial charge >= 0.3 is 12.2 Å². The molecule has 0 aliphatic carbocycles. The van der Waals surface area contributed by atoms with Crippen LogP contribution in [0.2, 0.25) is 0 Å². The van der Waals surface area contributed by atoms with Gasteiger partial charge in [-0.2, -0.15) is 0 Å². The number of carbonyl (C=O) groups is 3. The molecule has 0 aliphatic heterocycles. The maximum Gasteiger partial charge on any atom is 0.408 e. The van der Waals surface area contributed by atoms with Crippen molar-refractivity contribution in [1.29, 1.82) is 0 Å². The quantitative estimate of drug-likeness (QED) is 0.374. The Morgan fingerprint density at radius 2 is 1.60 bits per heavy atom. The highest BCUT2D eigenvalue weighted by Gasteiger charge is 2.25. The molecule has 190 valence electrons. The standard InChI is InChI=1S/C26H35N3O6/c1-18(20-12-14-21(30)15-13-20)28-23(31)22(29-25(33)35-26(2,3)4)11-8-16-27-24(32)34-17-19-9-6-5-7-10-19/h5-7,9-10,12-15,18,22,30H,8,11,16-17H2,1-4H3,(H,27,32)(H,28,31)(H,29,33)/t18-,22-/m1/s1. The van der Waals surface area contributed by atoms with E-state index in [-0.39, 0.29) is 37.3 Å². The summed E-state index contributed by atoms with van der Waals surface area (Å²) in [6.45, 7) is 7.44. The van der Waals surface area contributed by atoms with Gasteiger partial charge in [0, 0.05) is 6.54 Å². The number of hydrogen-bond donors (Lipinski definition) is 4. The van der Waals surface area contributed by atoms with Gasteiger partial charge in [-0.15, -0.1) is 0 Å². The van der Waals surface area contributed by atoms with Crippen molar-refractivity contribution in [3.63, 3.8) is 0 Å². The van der Waals surface area contributed by atoms with Crippen LogP contribution >= 0.6 is 0 Å². The van der Waals surface area contributed by atoms with Crippen LogP contribution in [0.1, 0.15) is 57.7 Å². The molecule has 2 aromatic carbocycles. The Morgan fingerprint density at radius 1 is 0.943 bits per heavy atom. The van der Waals surface area contributed by atoms with Crippen LogP contribution in [0.3, 0.4) is 0 Å². The van der Waals surface area contributed by atoms with Crippen molar-refractivity contribution in [2.45, 2.75) is 64.8 Å². The summed E-state index contributed by atoms with van der Waals surface area (Å²) in [5.41, 5.74) is 0.966. The lowest BCUT2D eigenvalue weighted by Gasteiger charge is -2.24. The topological polar surface area (TPSA) is 126 Å². The van der Waals surface area contributed by atoms with E-state index < -0.39 is 23.8 Å². The van der Waals surface area contributed by atoms with E-state index in [0.29, 0.717) is 6.42 Å².